The highest BCUT2D eigenvalue weighted by molar-refractivity contribution is 6.35. The van der Waals surface area contributed by atoms with E-state index >= 15 is 0 Å². The topological polar surface area (TPSA) is 0 Å². The fraction of sp³-hybridized carbons (Fsp3) is 0.538. The van der Waals surface area contributed by atoms with Crippen LogP contribution in [0.3, 0.4) is 0 Å². The minimum Gasteiger partial charge on any atom is -0.0843 e. The predicted octanol–water partition coefficient (Wildman–Crippen LogP) is 5.53. The average molecular weight is 245 g/mol. The van der Waals surface area contributed by atoms with E-state index in [0.717, 1.165) is 11.4 Å². The Bertz CT molecular complexity index is 337. The summed E-state index contributed by atoms with van der Waals surface area (Å²) in [6.07, 6.45) is 1.12. The van der Waals surface area contributed by atoms with Crippen LogP contribution in [0.5, 0.6) is 0 Å². The molecule has 0 bridgehead atoms. The van der Waals surface area contributed by atoms with E-state index < -0.39 is 0 Å². The molecular formula is C13H18Cl2. The van der Waals surface area contributed by atoms with Crippen LogP contribution in [-0.4, -0.2) is 0 Å². The summed E-state index contributed by atoms with van der Waals surface area (Å²) in [5.74, 6) is 0.467. The fourth-order valence-electron chi connectivity index (χ4n) is 1.93. The normalized spacial score (nSPS) is 14.0. The molecule has 0 saturated carbocycles. The van der Waals surface area contributed by atoms with Crippen LogP contribution in [0.25, 0.3) is 0 Å². The monoisotopic (exact) mass is 244 g/mol. The summed E-state index contributed by atoms with van der Waals surface area (Å²) in [4.78, 5) is 0. The molecule has 0 heterocycles. The van der Waals surface area contributed by atoms with E-state index in [1.165, 1.54) is 5.56 Å². The van der Waals surface area contributed by atoms with Gasteiger partial charge in [-0.25, -0.2) is 0 Å². The van der Waals surface area contributed by atoms with Crippen LogP contribution >= 0.6 is 23.2 Å². The smallest absolute Gasteiger partial charge is 0.0455 e. The van der Waals surface area contributed by atoms with E-state index in [2.05, 4.69) is 27.7 Å². The molecule has 0 N–H and O–H groups in total. The predicted molar refractivity (Wildman–Crippen MR) is 68.9 cm³/mol. The third-order valence-electron chi connectivity index (χ3n) is 2.41. The maximum atomic E-state index is 6.17. The summed E-state index contributed by atoms with van der Waals surface area (Å²) in [6.45, 7) is 8.94. The van der Waals surface area contributed by atoms with Crippen LogP contribution in [0.2, 0.25) is 10.0 Å². The molecule has 15 heavy (non-hydrogen) atoms. The lowest BCUT2D eigenvalue weighted by Gasteiger charge is -2.24. The SMILES string of the molecule is C[C@H](CC(C)(C)C)c1ccc(Cl)cc1Cl. The Morgan fingerprint density at radius 1 is 1.20 bits per heavy atom. The molecule has 0 radical (unpaired) electrons. The molecule has 0 amide bonds. The molecule has 0 aliphatic rings. The first-order valence-corrected chi connectivity index (χ1v) is 6.00. The van der Waals surface area contributed by atoms with Gasteiger partial charge in [0, 0.05) is 10.0 Å². The van der Waals surface area contributed by atoms with Crippen molar-refractivity contribution < 1.29 is 0 Å². The molecule has 0 unspecified atom stereocenters. The first kappa shape index (κ1) is 12.9. The summed E-state index contributed by atoms with van der Waals surface area (Å²) in [6, 6.07) is 5.75. The average Bonchev–Trinajstić information content (AvgIpc) is 1.99. The highest BCUT2D eigenvalue weighted by Crippen LogP contribution is 2.35. The summed E-state index contributed by atoms with van der Waals surface area (Å²) in [5, 5.41) is 1.48. The van der Waals surface area contributed by atoms with Gasteiger partial charge in [-0.3, -0.25) is 0 Å². The highest BCUT2D eigenvalue weighted by Gasteiger charge is 2.18. The highest BCUT2D eigenvalue weighted by atomic mass is 35.5. The largest absolute Gasteiger partial charge is 0.0843 e. The van der Waals surface area contributed by atoms with Crippen LogP contribution in [-0.2, 0) is 0 Å². The van der Waals surface area contributed by atoms with Gasteiger partial charge >= 0.3 is 0 Å². The quantitative estimate of drug-likeness (QED) is 0.642. The Morgan fingerprint density at radius 2 is 1.80 bits per heavy atom. The molecule has 0 aromatic heterocycles. The van der Waals surface area contributed by atoms with Crippen molar-refractivity contribution in [1.29, 1.82) is 0 Å². The van der Waals surface area contributed by atoms with Crippen molar-refractivity contribution in [2.45, 2.75) is 40.0 Å². The summed E-state index contributed by atoms with van der Waals surface area (Å²) in [5.41, 5.74) is 1.51. The lowest BCUT2D eigenvalue weighted by atomic mass is 9.82. The zero-order valence-corrected chi connectivity index (χ0v) is 11.3. The number of hydrogen-bond acceptors (Lipinski definition) is 0. The van der Waals surface area contributed by atoms with E-state index in [9.17, 15) is 0 Å². The van der Waals surface area contributed by atoms with Crippen molar-refractivity contribution in [3.05, 3.63) is 33.8 Å². The van der Waals surface area contributed by atoms with E-state index in [1.807, 2.05) is 18.2 Å². The zero-order valence-electron chi connectivity index (χ0n) is 9.77. The standard InChI is InChI=1S/C13H18Cl2/c1-9(8-13(2,3)4)11-6-5-10(14)7-12(11)15/h5-7,9H,8H2,1-4H3/t9-/m1/s1. The lowest BCUT2D eigenvalue weighted by Crippen LogP contribution is -2.10. The third-order valence-corrected chi connectivity index (χ3v) is 2.97. The lowest BCUT2D eigenvalue weighted by molar-refractivity contribution is 0.349. The van der Waals surface area contributed by atoms with Crippen molar-refractivity contribution >= 4 is 23.2 Å². The second-order valence-electron chi connectivity index (χ2n) is 5.33. The second kappa shape index (κ2) is 4.76. The third kappa shape index (κ3) is 4.04. The Kier molecular flexibility index (Phi) is 4.08. The van der Waals surface area contributed by atoms with Crippen molar-refractivity contribution in [2.75, 3.05) is 0 Å². The molecule has 0 aliphatic carbocycles. The Balaban J connectivity index is 2.87. The van der Waals surface area contributed by atoms with Gasteiger partial charge in [-0.05, 0) is 35.4 Å². The molecule has 1 aromatic carbocycles. The molecule has 0 aliphatic heterocycles. The summed E-state index contributed by atoms with van der Waals surface area (Å²) >= 11 is 12.0. The van der Waals surface area contributed by atoms with Gasteiger partial charge in [-0.1, -0.05) is 57.0 Å². The molecule has 1 rings (SSSR count). The Hall–Kier alpha value is -0.200. The van der Waals surface area contributed by atoms with E-state index in [4.69, 9.17) is 23.2 Å². The minimum absolute atomic E-state index is 0.322. The van der Waals surface area contributed by atoms with Gasteiger partial charge in [0.1, 0.15) is 0 Å². The van der Waals surface area contributed by atoms with Crippen LogP contribution < -0.4 is 0 Å². The van der Waals surface area contributed by atoms with Gasteiger partial charge < -0.3 is 0 Å². The maximum absolute atomic E-state index is 6.17. The fourth-order valence-corrected chi connectivity index (χ4v) is 2.52. The van der Waals surface area contributed by atoms with Crippen LogP contribution in [0.15, 0.2) is 18.2 Å². The molecule has 0 fully saturated rings. The van der Waals surface area contributed by atoms with E-state index in [-0.39, 0.29) is 0 Å². The molecule has 1 aromatic rings. The summed E-state index contributed by atoms with van der Waals surface area (Å²) in [7, 11) is 0. The molecule has 2 heteroatoms. The van der Waals surface area contributed by atoms with Crippen LogP contribution in [0.1, 0.15) is 45.6 Å². The van der Waals surface area contributed by atoms with Gasteiger partial charge in [-0.15, -0.1) is 0 Å². The summed E-state index contributed by atoms with van der Waals surface area (Å²) < 4.78 is 0. The molecule has 0 spiro atoms. The van der Waals surface area contributed by atoms with Gasteiger partial charge in [-0.2, -0.15) is 0 Å². The first-order chi connectivity index (χ1) is 6.79. The van der Waals surface area contributed by atoms with E-state index in [1.54, 1.807) is 0 Å². The van der Waals surface area contributed by atoms with Crippen molar-refractivity contribution in [3.63, 3.8) is 0 Å². The maximum Gasteiger partial charge on any atom is 0.0455 e. The number of halogens is 2. The molecule has 0 saturated heterocycles. The van der Waals surface area contributed by atoms with E-state index in [0.29, 0.717) is 16.4 Å². The van der Waals surface area contributed by atoms with Gasteiger partial charge in [0.25, 0.3) is 0 Å². The van der Waals surface area contributed by atoms with Gasteiger partial charge in [0.2, 0.25) is 0 Å². The van der Waals surface area contributed by atoms with Crippen molar-refractivity contribution in [1.82, 2.24) is 0 Å². The number of hydrogen-bond donors (Lipinski definition) is 0. The minimum atomic E-state index is 0.322. The van der Waals surface area contributed by atoms with Gasteiger partial charge in [0.15, 0.2) is 0 Å². The molecule has 84 valence electrons. The van der Waals surface area contributed by atoms with Crippen molar-refractivity contribution in [3.8, 4) is 0 Å². The zero-order chi connectivity index (χ0) is 11.6. The second-order valence-corrected chi connectivity index (χ2v) is 6.18. The Morgan fingerprint density at radius 3 is 2.27 bits per heavy atom. The van der Waals surface area contributed by atoms with Gasteiger partial charge in [0.05, 0.1) is 0 Å². The molecule has 0 nitrogen and oxygen atoms in total. The van der Waals surface area contributed by atoms with Crippen LogP contribution in [0.4, 0.5) is 0 Å². The molecular weight excluding hydrogens is 227 g/mol. The number of rotatable bonds is 2. The van der Waals surface area contributed by atoms with Crippen LogP contribution in [0, 0.1) is 5.41 Å². The van der Waals surface area contributed by atoms with Crippen molar-refractivity contribution in [2.24, 2.45) is 5.41 Å². The first-order valence-electron chi connectivity index (χ1n) is 5.24. The molecule has 1 atom stereocenters. The number of benzene rings is 1. The Labute approximate surface area is 103 Å².